The summed E-state index contributed by atoms with van der Waals surface area (Å²) in [6.07, 6.45) is 1.80. The summed E-state index contributed by atoms with van der Waals surface area (Å²) in [5, 5.41) is 8.26. The van der Waals surface area contributed by atoms with E-state index in [-0.39, 0.29) is 30.7 Å². The molecular formula is C23H26FN5O3. The number of rotatable bonds is 5. The molecule has 5 N–H and O–H groups in total. The lowest BCUT2D eigenvalue weighted by molar-refractivity contribution is -0.133. The second kappa shape index (κ2) is 8.94. The highest BCUT2D eigenvalue weighted by molar-refractivity contribution is 5.93. The number of anilines is 1. The summed E-state index contributed by atoms with van der Waals surface area (Å²) in [5.74, 6) is -1.48. The molecule has 1 fully saturated rings. The molecule has 8 nitrogen and oxygen atoms in total. The van der Waals surface area contributed by atoms with E-state index >= 15 is 0 Å². The van der Waals surface area contributed by atoms with Gasteiger partial charge in [-0.2, -0.15) is 0 Å². The van der Waals surface area contributed by atoms with Crippen molar-refractivity contribution >= 4 is 23.5 Å². The number of nitrogens with two attached hydrogens (primary N) is 1. The molecular weight excluding hydrogens is 413 g/mol. The number of nitrogen functional groups attached to an aromatic ring is 1. The van der Waals surface area contributed by atoms with Gasteiger partial charge in [0.1, 0.15) is 23.7 Å². The number of hydrogen-bond donors (Lipinski definition) is 4. The maximum Gasteiger partial charge on any atom is 0.243 e. The molecule has 2 heterocycles. The quantitative estimate of drug-likeness (QED) is 0.561. The van der Waals surface area contributed by atoms with E-state index in [2.05, 4.69) is 20.9 Å². The van der Waals surface area contributed by atoms with Gasteiger partial charge in [0.2, 0.25) is 17.7 Å². The summed E-state index contributed by atoms with van der Waals surface area (Å²) in [5.41, 5.74) is 7.94. The van der Waals surface area contributed by atoms with Crippen LogP contribution >= 0.6 is 0 Å². The molecule has 1 aromatic carbocycles. The van der Waals surface area contributed by atoms with Gasteiger partial charge in [-0.15, -0.1) is 0 Å². The van der Waals surface area contributed by atoms with Crippen LogP contribution in [0.5, 0.6) is 0 Å². The summed E-state index contributed by atoms with van der Waals surface area (Å²) in [7, 11) is 0. The van der Waals surface area contributed by atoms with Gasteiger partial charge in [-0.3, -0.25) is 14.4 Å². The topological polar surface area (TPSA) is 126 Å². The van der Waals surface area contributed by atoms with Gasteiger partial charge in [-0.25, -0.2) is 9.37 Å². The molecule has 0 radical (unpaired) electrons. The molecule has 0 bridgehead atoms. The molecule has 4 rings (SSSR count). The largest absolute Gasteiger partial charge is 0.384 e. The van der Waals surface area contributed by atoms with Gasteiger partial charge in [-0.1, -0.05) is 24.3 Å². The predicted molar refractivity (Wildman–Crippen MR) is 116 cm³/mol. The Morgan fingerprint density at radius 3 is 2.78 bits per heavy atom. The van der Waals surface area contributed by atoms with E-state index < -0.39 is 29.7 Å². The zero-order valence-corrected chi connectivity index (χ0v) is 17.7. The summed E-state index contributed by atoms with van der Waals surface area (Å²) < 4.78 is 14.2. The number of halogens is 1. The van der Waals surface area contributed by atoms with Crippen molar-refractivity contribution in [3.05, 3.63) is 59.0 Å². The number of nitrogens with one attached hydrogen (secondary N) is 3. The summed E-state index contributed by atoms with van der Waals surface area (Å²) in [4.78, 5) is 41.9. The van der Waals surface area contributed by atoms with Crippen molar-refractivity contribution in [1.29, 1.82) is 0 Å². The third-order valence-corrected chi connectivity index (χ3v) is 6.09. The standard InChI is InChI=1S/C23H26FN5O3/c1-12(22(31)29-18-8-7-17-15(18)6-9-20(25)27-17)26-23(32)19-10-13(11-21(30)28-19)14-4-2-3-5-16(14)24/h2-6,9,12-13,18-19H,7-8,10-11H2,1H3,(H2,25,27)(H,26,32)(H,28,30)(H,29,31)/t12-,13+,18+,19+/m0/s1. The summed E-state index contributed by atoms with van der Waals surface area (Å²) in [6, 6.07) is 7.99. The number of aromatic nitrogens is 1. The van der Waals surface area contributed by atoms with Crippen LogP contribution in [0.15, 0.2) is 36.4 Å². The average molecular weight is 439 g/mol. The smallest absolute Gasteiger partial charge is 0.243 e. The van der Waals surface area contributed by atoms with E-state index in [1.807, 2.05) is 6.07 Å². The first-order valence-electron chi connectivity index (χ1n) is 10.7. The monoisotopic (exact) mass is 439 g/mol. The molecule has 1 aliphatic carbocycles. The van der Waals surface area contributed by atoms with Gasteiger partial charge in [0.25, 0.3) is 0 Å². The molecule has 168 valence electrons. The van der Waals surface area contributed by atoms with Crippen LogP contribution in [-0.2, 0) is 20.8 Å². The van der Waals surface area contributed by atoms with E-state index in [0.717, 1.165) is 17.7 Å². The van der Waals surface area contributed by atoms with E-state index in [1.54, 1.807) is 31.2 Å². The Balaban J connectivity index is 1.36. The number of carbonyl (C=O) groups excluding carboxylic acids is 3. The number of nitrogens with zero attached hydrogens (tertiary/aromatic N) is 1. The molecule has 9 heteroatoms. The zero-order chi connectivity index (χ0) is 22.8. The molecule has 32 heavy (non-hydrogen) atoms. The molecule has 0 saturated carbocycles. The van der Waals surface area contributed by atoms with Gasteiger partial charge < -0.3 is 21.7 Å². The molecule has 1 aliphatic heterocycles. The highest BCUT2D eigenvalue weighted by atomic mass is 19.1. The number of pyridine rings is 1. The lowest BCUT2D eigenvalue weighted by Crippen LogP contribution is -2.55. The first-order chi connectivity index (χ1) is 15.3. The highest BCUT2D eigenvalue weighted by Gasteiger charge is 2.34. The van der Waals surface area contributed by atoms with Gasteiger partial charge in [0, 0.05) is 12.1 Å². The Labute approximate surface area is 185 Å². The minimum Gasteiger partial charge on any atom is -0.384 e. The normalized spacial score (nSPS) is 23.1. The summed E-state index contributed by atoms with van der Waals surface area (Å²) in [6.45, 7) is 1.59. The fourth-order valence-electron chi connectivity index (χ4n) is 4.43. The molecule has 0 unspecified atom stereocenters. The van der Waals surface area contributed by atoms with E-state index in [9.17, 15) is 18.8 Å². The van der Waals surface area contributed by atoms with E-state index in [0.29, 0.717) is 17.8 Å². The number of amides is 3. The molecule has 3 amide bonds. The molecule has 2 aliphatic rings. The maximum atomic E-state index is 14.2. The summed E-state index contributed by atoms with van der Waals surface area (Å²) >= 11 is 0. The van der Waals surface area contributed by atoms with Crippen molar-refractivity contribution in [3.8, 4) is 0 Å². The number of piperidine rings is 1. The number of hydrogen-bond acceptors (Lipinski definition) is 5. The van der Waals surface area contributed by atoms with Gasteiger partial charge in [0.05, 0.1) is 6.04 Å². The van der Waals surface area contributed by atoms with Crippen LogP contribution in [0.1, 0.15) is 55.0 Å². The third-order valence-electron chi connectivity index (χ3n) is 6.09. The lowest BCUT2D eigenvalue weighted by Gasteiger charge is -2.30. The average Bonchev–Trinajstić information content (AvgIpc) is 3.15. The molecule has 2 aromatic rings. The molecule has 0 spiro atoms. The van der Waals surface area contributed by atoms with Crippen LogP contribution in [0.25, 0.3) is 0 Å². The Morgan fingerprint density at radius 1 is 1.22 bits per heavy atom. The van der Waals surface area contributed by atoms with Crippen LogP contribution in [0.3, 0.4) is 0 Å². The fourth-order valence-corrected chi connectivity index (χ4v) is 4.43. The minimum atomic E-state index is -0.838. The Bertz CT molecular complexity index is 1060. The fraction of sp³-hybridized carbons (Fsp3) is 0.391. The highest BCUT2D eigenvalue weighted by Crippen LogP contribution is 2.31. The zero-order valence-electron chi connectivity index (χ0n) is 17.7. The Hall–Kier alpha value is -3.49. The number of carbonyl (C=O) groups is 3. The van der Waals surface area contributed by atoms with E-state index in [4.69, 9.17) is 5.73 Å². The second-order valence-corrected chi connectivity index (χ2v) is 8.38. The molecule has 4 atom stereocenters. The van der Waals surface area contributed by atoms with Gasteiger partial charge >= 0.3 is 0 Å². The van der Waals surface area contributed by atoms with Crippen molar-refractivity contribution in [1.82, 2.24) is 20.9 Å². The number of fused-ring (bicyclic) bond motifs is 1. The van der Waals surface area contributed by atoms with E-state index in [1.165, 1.54) is 6.07 Å². The van der Waals surface area contributed by atoms with Gasteiger partial charge in [0.15, 0.2) is 0 Å². The predicted octanol–water partition coefficient (Wildman–Crippen LogP) is 1.47. The molecule has 1 saturated heterocycles. The van der Waals surface area contributed by atoms with Crippen LogP contribution in [0.2, 0.25) is 0 Å². The maximum absolute atomic E-state index is 14.2. The first kappa shape index (κ1) is 21.7. The van der Waals surface area contributed by atoms with Crippen molar-refractivity contribution in [2.24, 2.45) is 0 Å². The van der Waals surface area contributed by atoms with Crippen LogP contribution in [0.4, 0.5) is 10.2 Å². The second-order valence-electron chi connectivity index (χ2n) is 8.38. The van der Waals surface area contributed by atoms with Crippen LogP contribution in [0, 0.1) is 5.82 Å². The van der Waals surface area contributed by atoms with Gasteiger partial charge in [-0.05, 0) is 55.4 Å². The van der Waals surface area contributed by atoms with Crippen LogP contribution < -0.4 is 21.7 Å². The number of benzene rings is 1. The Morgan fingerprint density at radius 2 is 2.00 bits per heavy atom. The van der Waals surface area contributed by atoms with Crippen LogP contribution in [-0.4, -0.2) is 34.8 Å². The first-order valence-corrected chi connectivity index (χ1v) is 10.7. The lowest BCUT2D eigenvalue weighted by atomic mass is 9.85. The van der Waals surface area contributed by atoms with Crippen molar-refractivity contribution < 1.29 is 18.8 Å². The Kier molecular flexibility index (Phi) is 6.07. The number of aryl methyl sites for hydroxylation is 1. The van der Waals surface area contributed by atoms with Crippen molar-refractivity contribution in [2.45, 2.75) is 56.7 Å². The SMILES string of the molecule is C[C@H](NC(=O)[C@H]1C[C@@H](c2ccccc2F)CC(=O)N1)C(=O)N[C@@H]1CCc2nc(N)ccc21. The third kappa shape index (κ3) is 4.56. The van der Waals surface area contributed by atoms with Crippen molar-refractivity contribution in [3.63, 3.8) is 0 Å². The minimum absolute atomic E-state index is 0.111. The molecule has 1 aromatic heterocycles. The van der Waals surface area contributed by atoms with Crippen molar-refractivity contribution in [2.75, 3.05) is 5.73 Å².